The topological polar surface area (TPSA) is 52.6 Å². The van der Waals surface area contributed by atoms with Gasteiger partial charge in [-0.1, -0.05) is 60.7 Å². The Morgan fingerprint density at radius 1 is 0.591 bits per heavy atom. The molecule has 4 heteroatoms. The minimum absolute atomic E-state index is 0.362. The molecule has 0 saturated carbocycles. The van der Waals surface area contributed by atoms with E-state index in [1.165, 1.54) is 0 Å². The van der Waals surface area contributed by atoms with Crippen LogP contribution >= 0.6 is 0 Å². The van der Waals surface area contributed by atoms with Crippen LogP contribution in [0, 0.1) is 11.8 Å². The van der Waals surface area contributed by atoms with E-state index >= 15 is 0 Å². The predicted octanol–water partition coefficient (Wildman–Crippen LogP) is 2.82. The van der Waals surface area contributed by atoms with Crippen molar-refractivity contribution in [3.8, 4) is 0 Å². The monoisotopic (exact) mass is 294 g/mol. The minimum atomic E-state index is -0.569. The Bertz CT molecular complexity index is 647. The Kier molecular flexibility index (Phi) is 2.96. The highest BCUT2D eigenvalue weighted by Gasteiger charge is 2.59. The fourth-order valence-corrected chi connectivity index (χ4v) is 3.31. The van der Waals surface area contributed by atoms with E-state index < -0.39 is 24.0 Å². The maximum atomic E-state index is 12.3. The van der Waals surface area contributed by atoms with Crippen molar-refractivity contribution in [2.45, 2.75) is 12.2 Å². The Hall–Kier alpha value is -2.62. The average molecular weight is 294 g/mol. The van der Waals surface area contributed by atoms with Gasteiger partial charge in [0.25, 0.3) is 0 Å². The van der Waals surface area contributed by atoms with E-state index in [0.29, 0.717) is 0 Å². The first-order valence-electron chi connectivity index (χ1n) is 7.26. The molecule has 2 fully saturated rings. The predicted molar refractivity (Wildman–Crippen MR) is 77.5 cm³/mol. The fraction of sp³-hybridized carbons (Fsp3) is 0.222. The molecule has 2 aromatic carbocycles. The molecule has 0 N–H and O–H groups in total. The molecular weight excluding hydrogens is 280 g/mol. The van der Waals surface area contributed by atoms with Gasteiger partial charge in [-0.2, -0.15) is 0 Å². The molecule has 0 spiro atoms. The molecule has 2 aliphatic heterocycles. The van der Waals surface area contributed by atoms with Gasteiger partial charge in [0.1, 0.15) is 24.0 Å². The summed E-state index contributed by atoms with van der Waals surface area (Å²) in [5, 5.41) is 0. The van der Waals surface area contributed by atoms with Gasteiger partial charge >= 0.3 is 11.9 Å². The largest absolute Gasteiger partial charge is 0.456 e. The number of carbonyl (C=O) groups is 2. The van der Waals surface area contributed by atoms with E-state index in [4.69, 9.17) is 9.47 Å². The SMILES string of the molecule is O=C1O[C@H](c2ccccc2)[C@H]2C(=O)O[C@H](c3ccccc3)[C@@H]12. The van der Waals surface area contributed by atoms with Crippen LogP contribution in [0.3, 0.4) is 0 Å². The van der Waals surface area contributed by atoms with Crippen LogP contribution in [0.1, 0.15) is 23.3 Å². The molecule has 0 unspecified atom stereocenters. The van der Waals surface area contributed by atoms with Gasteiger partial charge in [0.05, 0.1) is 0 Å². The summed E-state index contributed by atoms with van der Waals surface area (Å²) in [7, 11) is 0. The highest BCUT2D eigenvalue weighted by molar-refractivity contribution is 5.89. The van der Waals surface area contributed by atoms with Crippen molar-refractivity contribution in [1.29, 1.82) is 0 Å². The third-order valence-electron chi connectivity index (χ3n) is 4.33. The van der Waals surface area contributed by atoms with Crippen molar-refractivity contribution in [2.75, 3.05) is 0 Å². The second-order valence-electron chi connectivity index (χ2n) is 5.59. The number of carbonyl (C=O) groups excluding carboxylic acids is 2. The van der Waals surface area contributed by atoms with Gasteiger partial charge in [-0.3, -0.25) is 9.59 Å². The molecule has 0 aromatic heterocycles. The van der Waals surface area contributed by atoms with Gasteiger partial charge < -0.3 is 9.47 Å². The van der Waals surface area contributed by atoms with E-state index in [1.807, 2.05) is 60.7 Å². The molecule has 2 saturated heterocycles. The van der Waals surface area contributed by atoms with Crippen LogP contribution in [0.4, 0.5) is 0 Å². The summed E-state index contributed by atoms with van der Waals surface area (Å²) in [5.41, 5.74) is 1.66. The number of esters is 2. The molecule has 4 rings (SSSR count). The lowest BCUT2D eigenvalue weighted by Crippen LogP contribution is -2.19. The van der Waals surface area contributed by atoms with E-state index in [9.17, 15) is 9.59 Å². The first-order chi connectivity index (χ1) is 10.8. The summed E-state index contributed by atoms with van der Waals surface area (Å²) >= 11 is 0. The van der Waals surface area contributed by atoms with E-state index in [0.717, 1.165) is 11.1 Å². The number of hydrogen-bond donors (Lipinski definition) is 0. The Labute approximate surface area is 127 Å². The highest BCUT2D eigenvalue weighted by atomic mass is 16.6. The minimum Gasteiger partial charge on any atom is -0.456 e. The van der Waals surface area contributed by atoms with E-state index in [2.05, 4.69) is 0 Å². The van der Waals surface area contributed by atoms with E-state index in [1.54, 1.807) is 0 Å². The van der Waals surface area contributed by atoms with Gasteiger partial charge in [-0.25, -0.2) is 0 Å². The zero-order valence-electron chi connectivity index (χ0n) is 11.7. The van der Waals surface area contributed by atoms with Crippen molar-refractivity contribution < 1.29 is 19.1 Å². The number of ether oxygens (including phenoxy) is 2. The molecule has 0 bridgehead atoms. The molecule has 2 heterocycles. The van der Waals surface area contributed by atoms with Gasteiger partial charge in [-0.15, -0.1) is 0 Å². The molecule has 2 aromatic rings. The quantitative estimate of drug-likeness (QED) is 0.799. The maximum absolute atomic E-state index is 12.3. The van der Waals surface area contributed by atoms with Crippen molar-refractivity contribution in [3.63, 3.8) is 0 Å². The number of cyclic esters (lactones) is 2. The first-order valence-corrected chi connectivity index (χ1v) is 7.26. The maximum Gasteiger partial charge on any atom is 0.314 e. The van der Waals surface area contributed by atoms with Crippen LogP contribution in [-0.4, -0.2) is 11.9 Å². The van der Waals surface area contributed by atoms with Gasteiger partial charge in [0.2, 0.25) is 0 Å². The number of rotatable bonds is 2. The normalized spacial score (nSPS) is 29.8. The Balaban J connectivity index is 1.71. The number of fused-ring (bicyclic) bond motifs is 1. The standard InChI is InChI=1S/C18H14O4/c19-17-13-14(16(22-17)12-9-5-2-6-10-12)18(20)21-15(13)11-7-3-1-4-8-11/h1-10,13-16H/t13-,14-,15+,16+/m0/s1. The van der Waals surface area contributed by atoms with Crippen molar-refractivity contribution in [1.82, 2.24) is 0 Å². The molecule has 2 aliphatic rings. The third kappa shape index (κ3) is 1.91. The summed E-state index contributed by atoms with van der Waals surface area (Å²) in [6.45, 7) is 0. The van der Waals surface area contributed by atoms with Crippen LogP contribution in [0.15, 0.2) is 60.7 Å². The van der Waals surface area contributed by atoms with Crippen LogP contribution in [0.2, 0.25) is 0 Å². The van der Waals surface area contributed by atoms with Crippen LogP contribution in [0.25, 0.3) is 0 Å². The van der Waals surface area contributed by atoms with E-state index in [-0.39, 0.29) is 11.9 Å². The van der Waals surface area contributed by atoms with Gasteiger partial charge in [0.15, 0.2) is 0 Å². The number of hydrogen-bond acceptors (Lipinski definition) is 4. The second-order valence-corrected chi connectivity index (χ2v) is 5.59. The highest BCUT2D eigenvalue weighted by Crippen LogP contribution is 2.51. The van der Waals surface area contributed by atoms with Crippen LogP contribution in [-0.2, 0) is 19.1 Å². The smallest absolute Gasteiger partial charge is 0.314 e. The first kappa shape index (κ1) is 13.1. The lowest BCUT2D eigenvalue weighted by molar-refractivity contribution is -0.154. The van der Waals surface area contributed by atoms with Crippen LogP contribution < -0.4 is 0 Å². The Morgan fingerprint density at radius 3 is 1.32 bits per heavy atom. The number of benzene rings is 2. The van der Waals surface area contributed by atoms with Crippen molar-refractivity contribution >= 4 is 11.9 Å². The molecule has 0 radical (unpaired) electrons. The molecule has 0 aliphatic carbocycles. The molecule has 110 valence electrons. The molecule has 4 nitrogen and oxygen atoms in total. The summed E-state index contributed by atoms with van der Waals surface area (Å²) in [6.07, 6.45) is -1.11. The van der Waals surface area contributed by atoms with Gasteiger partial charge in [0, 0.05) is 0 Å². The zero-order valence-corrected chi connectivity index (χ0v) is 11.7. The summed E-state index contributed by atoms with van der Waals surface area (Å²) in [5.74, 6) is -1.86. The summed E-state index contributed by atoms with van der Waals surface area (Å²) in [4.78, 5) is 24.6. The Morgan fingerprint density at radius 2 is 0.955 bits per heavy atom. The van der Waals surface area contributed by atoms with Gasteiger partial charge in [-0.05, 0) is 11.1 Å². The lowest BCUT2D eigenvalue weighted by atomic mass is 9.84. The van der Waals surface area contributed by atoms with Crippen molar-refractivity contribution in [3.05, 3.63) is 71.8 Å². The third-order valence-corrected chi connectivity index (χ3v) is 4.33. The van der Waals surface area contributed by atoms with Crippen LogP contribution in [0.5, 0.6) is 0 Å². The summed E-state index contributed by atoms with van der Waals surface area (Å²) in [6, 6.07) is 18.7. The molecular formula is C18H14O4. The second kappa shape index (κ2) is 4.98. The molecule has 4 atom stereocenters. The fourth-order valence-electron chi connectivity index (χ4n) is 3.31. The molecule has 22 heavy (non-hydrogen) atoms. The average Bonchev–Trinajstić information content (AvgIpc) is 3.09. The zero-order chi connectivity index (χ0) is 15.1. The molecule has 0 amide bonds. The van der Waals surface area contributed by atoms with Crippen molar-refractivity contribution in [2.24, 2.45) is 11.8 Å². The lowest BCUT2D eigenvalue weighted by Gasteiger charge is -2.14. The summed E-state index contributed by atoms with van der Waals surface area (Å²) < 4.78 is 11.0.